The van der Waals surface area contributed by atoms with Crippen molar-refractivity contribution in [3.8, 4) is 0 Å². The highest BCUT2D eigenvalue weighted by Gasteiger charge is 2.25. The molecule has 0 amide bonds. The summed E-state index contributed by atoms with van der Waals surface area (Å²) < 4.78 is 0. The quantitative estimate of drug-likeness (QED) is 0.783. The van der Waals surface area contributed by atoms with Gasteiger partial charge in [-0.05, 0) is 36.8 Å². The highest BCUT2D eigenvalue weighted by atomic mass is 35.5. The Hall–Kier alpha value is -0.240. The van der Waals surface area contributed by atoms with Crippen molar-refractivity contribution < 1.29 is 0 Å². The van der Waals surface area contributed by atoms with Gasteiger partial charge in [-0.1, -0.05) is 35.3 Å². The average molecular weight is 230 g/mol. The summed E-state index contributed by atoms with van der Waals surface area (Å²) in [4.78, 5) is 0. The van der Waals surface area contributed by atoms with Crippen molar-refractivity contribution in [2.75, 3.05) is 0 Å². The van der Waals surface area contributed by atoms with Crippen LogP contribution in [0.25, 0.3) is 0 Å². The molecule has 0 aromatic heterocycles. The number of rotatable bonds is 1. The molecule has 1 nitrogen and oxygen atoms in total. The van der Waals surface area contributed by atoms with E-state index in [0.717, 1.165) is 24.8 Å². The lowest BCUT2D eigenvalue weighted by Gasteiger charge is -2.12. The second-order valence-electron chi connectivity index (χ2n) is 3.91. The molecule has 14 heavy (non-hydrogen) atoms. The van der Waals surface area contributed by atoms with Gasteiger partial charge >= 0.3 is 0 Å². The van der Waals surface area contributed by atoms with Gasteiger partial charge in [0.1, 0.15) is 0 Å². The molecule has 0 aliphatic heterocycles. The third kappa shape index (κ3) is 1.90. The minimum absolute atomic E-state index is 0.329. The number of benzene rings is 1. The predicted octanol–water partition coefficient (Wildman–Crippen LogP) is 3.59. The van der Waals surface area contributed by atoms with Crippen LogP contribution in [0.5, 0.6) is 0 Å². The Morgan fingerprint density at radius 1 is 1.21 bits per heavy atom. The fourth-order valence-corrected chi connectivity index (χ4v) is 2.60. The molecular weight excluding hydrogens is 217 g/mol. The molecule has 0 saturated heterocycles. The van der Waals surface area contributed by atoms with E-state index in [-0.39, 0.29) is 0 Å². The zero-order valence-corrected chi connectivity index (χ0v) is 9.35. The van der Waals surface area contributed by atoms with Crippen LogP contribution in [-0.2, 0) is 0 Å². The molecular formula is C11H13Cl2N. The Balaban J connectivity index is 2.28. The van der Waals surface area contributed by atoms with Crippen molar-refractivity contribution >= 4 is 23.2 Å². The van der Waals surface area contributed by atoms with E-state index in [4.69, 9.17) is 28.9 Å². The first-order valence-corrected chi connectivity index (χ1v) is 5.63. The van der Waals surface area contributed by atoms with Crippen LogP contribution in [0.3, 0.4) is 0 Å². The van der Waals surface area contributed by atoms with Crippen LogP contribution in [0.1, 0.15) is 30.7 Å². The molecule has 0 spiro atoms. The standard InChI is InChI=1S/C11H13Cl2N/c12-10-3-1-2-9(11(10)13)7-4-5-8(14)6-7/h1-3,7-8H,4-6,14H2. The molecule has 0 radical (unpaired) electrons. The fourth-order valence-electron chi connectivity index (χ4n) is 2.13. The lowest BCUT2D eigenvalue weighted by Crippen LogP contribution is -2.14. The van der Waals surface area contributed by atoms with E-state index >= 15 is 0 Å². The number of nitrogens with two attached hydrogens (primary N) is 1. The smallest absolute Gasteiger partial charge is 0.0627 e. The molecule has 0 heterocycles. The van der Waals surface area contributed by atoms with Crippen LogP contribution in [0.4, 0.5) is 0 Å². The van der Waals surface area contributed by atoms with E-state index in [1.165, 1.54) is 0 Å². The maximum absolute atomic E-state index is 6.15. The first kappa shape index (κ1) is 10.3. The second kappa shape index (κ2) is 4.09. The van der Waals surface area contributed by atoms with E-state index in [1.54, 1.807) is 0 Å². The molecule has 3 heteroatoms. The first-order valence-electron chi connectivity index (χ1n) is 4.88. The fraction of sp³-hybridized carbons (Fsp3) is 0.455. The van der Waals surface area contributed by atoms with Gasteiger partial charge in [-0.2, -0.15) is 0 Å². The summed E-state index contributed by atoms with van der Waals surface area (Å²) in [5.41, 5.74) is 7.03. The molecule has 1 aromatic rings. The third-order valence-corrected chi connectivity index (χ3v) is 3.73. The van der Waals surface area contributed by atoms with Crippen molar-refractivity contribution in [3.63, 3.8) is 0 Å². The largest absolute Gasteiger partial charge is 0.328 e. The predicted molar refractivity (Wildman–Crippen MR) is 61.0 cm³/mol. The van der Waals surface area contributed by atoms with Gasteiger partial charge in [-0.25, -0.2) is 0 Å². The summed E-state index contributed by atoms with van der Waals surface area (Å²) in [5.74, 6) is 0.496. The highest BCUT2D eigenvalue weighted by molar-refractivity contribution is 6.42. The molecule has 2 rings (SSSR count). The van der Waals surface area contributed by atoms with Crippen LogP contribution >= 0.6 is 23.2 Å². The van der Waals surface area contributed by atoms with E-state index in [2.05, 4.69) is 6.07 Å². The summed E-state index contributed by atoms with van der Waals surface area (Å²) in [6.07, 6.45) is 3.24. The van der Waals surface area contributed by atoms with Gasteiger partial charge in [0.2, 0.25) is 0 Å². The normalized spacial score (nSPS) is 26.8. The third-order valence-electron chi connectivity index (χ3n) is 2.89. The minimum Gasteiger partial charge on any atom is -0.328 e. The summed E-state index contributed by atoms with van der Waals surface area (Å²) >= 11 is 12.1. The number of hydrogen-bond donors (Lipinski definition) is 1. The maximum Gasteiger partial charge on any atom is 0.0627 e. The van der Waals surface area contributed by atoms with Gasteiger partial charge in [-0.3, -0.25) is 0 Å². The molecule has 1 aliphatic carbocycles. The molecule has 2 N–H and O–H groups in total. The average Bonchev–Trinajstić information content (AvgIpc) is 2.57. The van der Waals surface area contributed by atoms with Crippen molar-refractivity contribution in [3.05, 3.63) is 33.8 Å². The van der Waals surface area contributed by atoms with Crippen LogP contribution in [0.15, 0.2) is 18.2 Å². The Morgan fingerprint density at radius 3 is 2.64 bits per heavy atom. The van der Waals surface area contributed by atoms with E-state index in [1.807, 2.05) is 12.1 Å². The highest BCUT2D eigenvalue weighted by Crippen LogP contribution is 2.39. The second-order valence-corrected chi connectivity index (χ2v) is 4.70. The molecule has 2 atom stereocenters. The van der Waals surface area contributed by atoms with Gasteiger partial charge in [0.05, 0.1) is 10.0 Å². The van der Waals surface area contributed by atoms with Crippen LogP contribution in [0.2, 0.25) is 10.0 Å². The topological polar surface area (TPSA) is 26.0 Å². The van der Waals surface area contributed by atoms with Crippen LogP contribution in [0, 0.1) is 0 Å². The number of halogens is 2. The molecule has 1 aliphatic rings. The zero-order chi connectivity index (χ0) is 10.1. The van der Waals surface area contributed by atoms with Crippen molar-refractivity contribution in [2.24, 2.45) is 5.73 Å². The van der Waals surface area contributed by atoms with Crippen LogP contribution < -0.4 is 5.73 Å². The molecule has 1 aromatic carbocycles. The molecule has 1 saturated carbocycles. The minimum atomic E-state index is 0.329. The lowest BCUT2D eigenvalue weighted by atomic mass is 9.97. The van der Waals surface area contributed by atoms with E-state index in [0.29, 0.717) is 22.0 Å². The number of hydrogen-bond acceptors (Lipinski definition) is 1. The van der Waals surface area contributed by atoms with Crippen LogP contribution in [-0.4, -0.2) is 6.04 Å². The monoisotopic (exact) mass is 229 g/mol. The SMILES string of the molecule is NC1CCC(c2cccc(Cl)c2Cl)C1. The van der Waals surface area contributed by atoms with Gasteiger partial charge < -0.3 is 5.73 Å². The van der Waals surface area contributed by atoms with Gasteiger partial charge in [0, 0.05) is 6.04 Å². The Labute approximate surface area is 94.2 Å². The summed E-state index contributed by atoms with van der Waals surface area (Å²) in [7, 11) is 0. The van der Waals surface area contributed by atoms with E-state index in [9.17, 15) is 0 Å². The molecule has 1 fully saturated rings. The Morgan fingerprint density at radius 2 is 2.00 bits per heavy atom. The summed E-state index contributed by atoms with van der Waals surface area (Å²) in [6.45, 7) is 0. The van der Waals surface area contributed by atoms with Gasteiger partial charge in [-0.15, -0.1) is 0 Å². The van der Waals surface area contributed by atoms with Crippen molar-refractivity contribution in [1.29, 1.82) is 0 Å². The van der Waals surface area contributed by atoms with Gasteiger partial charge in [0.15, 0.2) is 0 Å². The first-order chi connectivity index (χ1) is 6.68. The Bertz CT molecular complexity index is 338. The van der Waals surface area contributed by atoms with Crippen molar-refractivity contribution in [2.45, 2.75) is 31.2 Å². The molecule has 76 valence electrons. The molecule has 2 unspecified atom stereocenters. The summed E-state index contributed by atoms with van der Waals surface area (Å²) in [6, 6.07) is 6.15. The lowest BCUT2D eigenvalue weighted by molar-refractivity contribution is 0.675. The van der Waals surface area contributed by atoms with E-state index < -0.39 is 0 Å². The summed E-state index contributed by atoms with van der Waals surface area (Å²) in [5, 5.41) is 1.35. The zero-order valence-electron chi connectivity index (χ0n) is 7.84. The molecule has 0 bridgehead atoms. The maximum atomic E-state index is 6.15. The Kier molecular flexibility index (Phi) is 3.01. The van der Waals surface area contributed by atoms with Crippen molar-refractivity contribution in [1.82, 2.24) is 0 Å². The van der Waals surface area contributed by atoms with Gasteiger partial charge in [0.25, 0.3) is 0 Å².